The van der Waals surface area contributed by atoms with E-state index in [2.05, 4.69) is 19.1 Å². The smallest absolute Gasteiger partial charge is 0.237 e. The average molecular weight is 425 g/mol. The molecule has 0 heterocycles. The van der Waals surface area contributed by atoms with E-state index >= 15 is 0 Å². The largest absolute Gasteiger partial charge is 0.584 e. The molecule has 0 bridgehead atoms. The molecule has 1 N–H and O–H groups in total. The molecule has 3 nitrogen and oxygen atoms in total. The van der Waals surface area contributed by atoms with Gasteiger partial charge in [0.25, 0.3) is 0 Å². The summed E-state index contributed by atoms with van der Waals surface area (Å²) in [6.45, 7) is 2.25. The fourth-order valence-corrected chi connectivity index (χ4v) is 2.79. The molecule has 0 spiro atoms. The van der Waals surface area contributed by atoms with Gasteiger partial charge in [-0.15, -0.1) is 0 Å². The van der Waals surface area contributed by atoms with Crippen molar-refractivity contribution >= 4 is 13.6 Å². The molecule has 23 heavy (non-hydrogen) atoms. The zero-order valence-electron chi connectivity index (χ0n) is 14.7. The second kappa shape index (κ2) is 20.2. The summed E-state index contributed by atoms with van der Waals surface area (Å²) in [4.78, 5) is 19.5. The number of allylic oxidation sites excluding steroid dienone is 2. The first-order valence-electron chi connectivity index (χ1n) is 9.02. The summed E-state index contributed by atoms with van der Waals surface area (Å²) < 4.78 is 10.5. The number of carbonyl (C=O) groups excluding carboxylic acids is 1. The van der Waals surface area contributed by atoms with Crippen molar-refractivity contribution in [3.05, 3.63) is 12.2 Å². The molecular formula is C18H34MoO3P+. The molecular weight excluding hydrogens is 391 g/mol. The first kappa shape index (κ1) is 25.4. The molecule has 0 rings (SSSR count). The third-order valence-corrected chi connectivity index (χ3v) is 4.52. The minimum absolute atomic E-state index is 0. The summed E-state index contributed by atoms with van der Waals surface area (Å²) in [5, 5.41) is 0. The monoisotopic (exact) mass is 427 g/mol. The quantitative estimate of drug-likeness (QED) is 0.137. The van der Waals surface area contributed by atoms with Crippen LogP contribution in [-0.4, -0.2) is 10.4 Å². The predicted molar refractivity (Wildman–Crippen MR) is 94.3 cm³/mol. The fraction of sp³-hybridized carbons (Fsp3) is 0.833. The molecule has 0 aliphatic heterocycles. The Kier molecular flexibility index (Phi) is 22.3. The molecule has 0 aromatic rings. The Balaban J connectivity index is 0. The summed E-state index contributed by atoms with van der Waals surface area (Å²) >= 11 is 0. The van der Waals surface area contributed by atoms with Gasteiger partial charge in [-0.05, 0) is 36.7 Å². The Hall–Kier alpha value is 0.158. The second-order valence-corrected chi connectivity index (χ2v) is 7.05. The van der Waals surface area contributed by atoms with Crippen LogP contribution >= 0.6 is 8.03 Å². The Morgan fingerprint density at radius 1 is 0.826 bits per heavy atom. The Morgan fingerprint density at radius 3 is 1.74 bits per heavy atom. The molecule has 0 aliphatic rings. The van der Waals surface area contributed by atoms with Crippen LogP contribution in [0.25, 0.3) is 0 Å². The van der Waals surface area contributed by atoms with Crippen molar-refractivity contribution in [2.45, 2.75) is 96.8 Å². The maximum Gasteiger partial charge on any atom is 0.584 e. The van der Waals surface area contributed by atoms with Crippen molar-refractivity contribution in [1.82, 2.24) is 0 Å². The van der Waals surface area contributed by atoms with Crippen molar-refractivity contribution in [3.63, 3.8) is 0 Å². The van der Waals surface area contributed by atoms with E-state index in [0.717, 1.165) is 25.7 Å². The van der Waals surface area contributed by atoms with Gasteiger partial charge >= 0.3 is 13.6 Å². The zero-order valence-corrected chi connectivity index (χ0v) is 17.6. The Morgan fingerprint density at radius 2 is 1.26 bits per heavy atom. The van der Waals surface area contributed by atoms with Crippen molar-refractivity contribution in [2.75, 3.05) is 0 Å². The molecule has 0 saturated heterocycles. The van der Waals surface area contributed by atoms with Crippen molar-refractivity contribution < 1.29 is 35.3 Å². The maximum atomic E-state index is 10.9. The maximum absolute atomic E-state index is 10.9. The van der Waals surface area contributed by atoms with Gasteiger partial charge in [0, 0.05) is 21.1 Å². The first-order chi connectivity index (χ1) is 10.7. The second-order valence-electron chi connectivity index (χ2n) is 6.00. The summed E-state index contributed by atoms with van der Waals surface area (Å²) in [5.74, 6) is 0. The molecule has 0 fully saturated rings. The van der Waals surface area contributed by atoms with Crippen LogP contribution in [0, 0.1) is 0 Å². The predicted octanol–water partition coefficient (Wildman–Crippen LogP) is 6.28. The van der Waals surface area contributed by atoms with E-state index in [0.29, 0.717) is 0 Å². The minimum atomic E-state index is -2.60. The van der Waals surface area contributed by atoms with E-state index in [1.54, 1.807) is 0 Å². The van der Waals surface area contributed by atoms with E-state index in [-0.39, 0.29) is 27.5 Å². The van der Waals surface area contributed by atoms with Crippen LogP contribution in [-0.2, 0) is 30.4 Å². The van der Waals surface area contributed by atoms with Gasteiger partial charge in [-0.1, -0.05) is 70.4 Å². The summed E-state index contributed by atoms with van der Waals surface area (Å²) in [7, 11) is -2.60. The van der Waals surface area contributed by atoms with E-state index in [4.69, 9.17) is 4.89 Å². The van der Waals surface area contributed by atoms with Crippen molar-refractivity contribution in [2.24, 2.45) is 0 Å². The molecule has 0 amide bonds. The molecule has 1 atom stereocenters. The van der Waals surface area contributed by atoms with E-state index < -0.39 is 13.6 Å². The number of hydrogen-bond acceptors (Lipinski definition) is 2. The summed E-state index contributed by atoms with van der Waals surface area (Å²) in [5.41, 5.74) is -0.507. The standard InChI is InChI=1S/C18H33O3P.Mo/c1-2-3-4-5-6-7-8-9-10-11-12-13-14-15-16-17-18(19)22(20)21;/h9-10H,2-8,11-17H2,1H3;/p+1. The van der Waals surface area contributed by atoms with E-state index in [1.165, 1.54) is 57.8 Å². The fourth-order valence-electron chi connectivity index (χ4n) is 2.44. The zero-order chi connectivity index (χ0) is 16.5. The van der Waals surface area contributed by atoms with Crippen LogP contribution in [0.4, 0.5) is 0 Å². The Labute approximate surface area is 157 Å². The summed E-state index contributed by atoms with van der Waals surface area (Å²) in [6, 6.07) is 0. The van der Waals surface area contributed by atoms with E-state index in [9.17, 15) is 9.36 Å². The number of carbonyl (C=O) groups is 1. The van der Waals surface area contributed by atoms with Gasteiger partial charge in [0.2, 0.25) is 0 Å². The molecule has 0 saturated carbocycles. The number of hydrogen-bond donors (Lipinski definition) is 1. The molecule has 5 heteroatoms. The first-order valence-corrected chi connectivity index (χ1v) is 10.2. The number of rotatable bonds is 16. The van der Waals surface area contributed by atoms with Gasteiger partial charge in [-0.3, -0.25) is 0 Å². The van der Waals surface area contributed by atoms with Crippen LogP contribution in [0.3, 0.4) is 0 Å². The average Bonchev–Trinajstić information content (AvgIpc) is 2.50. The van der Waals surface area contributed by atoms with E-state index in [1.807, 2.05) is 0 Å². The molecule has 134 valence electrons. The third-order valence-electron chi connectivity index (χ3n) is 3.87. The van der Waals surface area contributed by atoms with Gasteiger partial charge in [0.05, 0.1) is 6.42 Å². The van der Waals surface area contributed by atoms with Crippen LogP contribution in [0.15, 0.2) is 12.2 Å². The van der Waals surface area contributed by atoms with Crippen LogP contribution in [0.2, 0.25) is 0 Å². The summed E-state index contributed by atoms with van der Waals surface area (Å²) in [6.07, 6.45) is 20.6. The van der Waals surface area contributed by atoms with Crippen LogP contribution in [0.1, 0.15) is 96.8 Å². The topological polar surface area (TPSA) is 54.4 Å². The van der Waals surface area contributed by atoms with Crippen molar-refractivity contribution in [3.8, 4) is 0 Å². The third kappa shape index (κ3) is 20.1. The normalized spacial score (nSPS) is 11.5. The molecule has 0 aliphatic carbocycles. The van der Waals surface area contributed by atoms with Crippen LogP contribution < -0.4 is 0 Å². The molecule has 0 radical (unpaired) electrons. The van der Waals surface area contributed by atoms with Gasteiger partial charge in [-0.2, -0.15) is 4.89 Å². The Bertz CT molecular complexity index is 319. The minimum Gasteiger partial charge on any atom is -0.237 e. The molecule has 1 unspecified atom stereocenters. The van der Waals surface area contributed by atoms with Gasteiger partial charge in [0.15, 0.2) is 0 Å². The van der Waals surface area contributed by atoms with Crippen molar-refractivity contribution in [1.29, 1.82) is 0 Å². The van der Waals surface area contributed by atoms with Gasteiger partial charge < -0.3 is 0 Å². The van der Waals surface area contributed by atoms with Crippen LogP contribution in [0.5, 0.6) is 0 Å². The molecule has 0 aromatic carbocycles. The van der Waals surface area contributed by atoms with Gasteiger partial charge in [0.1, 0.15) is 0 Å². The molecule has 0 aromatic heterocycles. The number of unbranched alkanes of at least 4 members (excludes halogenated alkanes) is 11. The van der Waals surface area contributed by atoms with Gasteiger partial charge in [-0.25, -0.2) is 4.79 Å². The SMILES string of the molecule is CCCCCCCCC=CCCCCCCCC(=O)[P+](=O)O.[Mo].